The van der Waals surface area contributed by atoms with Crippen molar-refractivity contribution in [1.29, 1.82) is 0 Å². The quantitative estimate of drug-likeness (QED) is 0.497. The first-order valence-electron chi connectivity index (χ1n) is 5.15. The van der Waals surface area contributed by atoms with E-state index in [-0.39, 0.29) is 17.9 Å². The number of quaternary nitrogens is 1. The Labute approximate surface area is 111 Å². The number of rotatable bonds is 6. The molecule has 0 aromatic carbocycles. The Hall–Kier alpha value is 0.790. The van der Waals surface area contributed by atoms with Crippen LogP contribution in [0.3, 0.4) is 0 Å². The smallest absolute Gasteiger partial charge is 0.0801 e. The van der Waals surface area contributed by atoms with E-state index >= 15 is 0 Å². The van der Waals surface area contributed by atoms with E-state index in [1.165, 1.54) is 16.9 Å². The Kier molecular flexibility index (Phi) is 8.70. The maximum absolute atomic E-state index is 5.77. The van der Waals surface area contributed by atoms with Gasteiger partial charge in [0.2, 0.25) is 0 Å². The van der Waals surface area contributed by atoms with Crippen molar-refractivity contribution in [1.82, 2.24) is 3.94 Å². The highest BCUT2D eigenvalue weighted by atomic mass is 35.5. The van der Waals surface area contributed by atoms with Gasteiger partial charge in [-0.2, -0.15) is 0 Å². The van der Waals surface area contributed by atoms with Crippen molar-refractivity contribution in [3.8, 4) is 0 Å². The van der Waals surface area contributed by atoms with E-state index in [1.807, 2.05) is 0 Å². The average Bonchev–Trinajstić information content (AvgIpc) is 2.01. The van der Waals surface area contributed by atoms with E-state index < -0.39 is 0 Å². The summed E-state index contributed by atoms with van der Waals surface area (Å²) in [5.41, 5.74) is -0.146. The molecule has 0 spiro atoms. The minimum absolute atomic E-state index is 0. The van der Waals surface area contributed by atoms with Crippen LogP contribution in [0.1, 0.15) is 33.6 Å². The zero-order valence-corrected chi connectivity index (χ0v) is 12.6. The van der Waals surface area contributed by atoms with Gasteiger partial charge in [0.05, 0.1) is 32.7 Å². The Bertz CT molecular complexity index is 170. The SMILES string of the molecule is CCC[N+](C)(C)CCC(C)(C)N(Cl)Cl.[Cl-]. The Morgan fingerprint density at radius 3 is 1.93 bits per heavy atom. The second-order valence-electron chi connectivity index (χ2n) is 5.18. The van der Waals surface area contributed by atoms with Gasteiger partial charge in [-0.25, -0.2) is 0 Å². The summed E-state index contributed by atoms with van der Waals surface area (Å²) in [7, 11) is 4.48. The topological polar surface area (TPSA) is 3.24 Å². The van der Waals surface area contributed by atoms with Crippen LogP contribution in [0, 0.1) is 0 Å². The molecule has 2 nitrogen and oxygen atoms in total. The number of halogens is 3. The lowest BCUT2D eigenvalue weighted by molar-refractivity contribution is -0.891. The van der Waals surface area contributed by atoms with Crippen LogP contribution >= 0.6 is 23.6 Å². The van der Waals surface area contributed by atoms with Crippen LogP contribution in [0.5, 0.6) is 0 Å². The molecule has 0 aromatic heterocycles. The number of nitrogens with zero attached hydrogens (tertiary/aromatic N) is 2. The fourth-order valence-electron chi connectivity index (χ4n) is 1.38. The molecule has 94 valence electrons. The molecule has 0 bridgehead atoms. The van der Waals surface area contributed by atoms with E-state index in [0.717, 1.165) is 17.4 Å². The third-order valence-electron chi connectivity index (χ3n) is 2.62. The maximum atomic E-state index is 5.77. The van der Waals surface area contributed by atoms with E-state index in [9.17, 15) is 0 Å². The number of hydrogen-bond donors (Lipinski definition) is 0. The Morgan fingerprint density at radius 1 is 1.13 bits per heavy atom. The van der Waals surface area contributed by atoms with Crippen molar-refractivity contribution < 1.29 is 16.9 Å². The second-order valence-corrected chi connectivity index (χ2v) is 6.03. The molecule has 0 aliphatic heterocycles. The summed E-state index contributed by atoms with van der Waals surface area (Å²) >= 11 is 11.5. The molecule has 5 heteroatoms. The molecule has 0 radical (unpaired) electrons. The predicted octanol–water partition coefficient (Wildman–Crippen LogP) is 0.255. The van der Waals surface area contributed by atoms with Gasteiger partial charge in [-0.3, -0.25) is 0 Å². The third kappa shape index (κ3) is 7.64. The summed E-state index contributed by atoms with van der Waals surface area (Å²) in [6.45, 7) is 8.61. The molecular weight excluding hydrogens is 254 g/mol. The molecule has 0 saturated carbocycles. The highest BCUT2D eigenvalue weighted by molar-refractivity contribution is 6.34. The highest BCUT2D eigenvalue weighted by Gasteiger charge is 2.27. The molecule has 0 rings (SSSR count). The first kappa shape index (κ1) is 18.2. The van der Waals surface area contributed by atoms with Gasteiger partial charge in [0.1, 0.15) is 0 Å². The summed E-state index contributed by atoms with van der Waals surface area (Å²) in [4.78, 5) is 0. The summed E-state index contributed by atoms with van der Waals surface area (Å²) in [6, 6.07) is 0. The Balaban J connectivity index is 0. The third-order valence-corrected chi connectivity index (χ3v) is 3.53. The second kappa shape index (κ2) is 7.18. The van der Waals surface area contributed by atoms with Gasteiger partial charge in [0, 0.05) is 6.42 Å². The molecule has 0 unspecified atom stereocenters. The van der Waals surface area contributed by atoms with Crippen molar-refractivity contribution >= 4 is 23.6 Å². The predicted molar refractivity (Wildman–Crippen MR) is 64.4 cm³/mol. The minimum atomic E-state index is -0.146. The zero-order chi connectivity index (χ0) is 11.4. The van der Waals surface area contributed by atoms with Gasteiger partial charge in [-0.15, -0.1) is 3.94 Å². The van der Waals surface area contributed by atoms with Crippen molar-refractivity contribution in [3.63, 3.8) is 0 Å². The van der Waals surface area contributed by atoms with Gasteiger partial charge >= 0.3 is 0 Å². The lowest BCUT2D eigenvalue weighted by atomic mass is 10.0. The summed E-state index contributed by atoms with van der Waals surface area (Å²) < 4.78 is 2.29. The van der Waals surface area contributed by atoms with Crippen LogP contribution in [0.4, 0.5) is 0 Å². The largest absolute Gasteiger partial charge is 1.00 e. The van der Waals surface area contributed by atoms with Crippen molar-refractivity contribution in [2.24, 2.45) is 0 Å². The molecule has 15 heavy (non-hydrogen) atoms. The van der Waals surface area contributed by atoms with Crippen LogP contribution in [0.15, 0.2) is 0 Å². The average molecular weight is 278 g/mol. The lowest BCUT2D eigenvalue weighted by Gasteiger charge is -2.34. The van der Waals surface area contributed by atoms with Crippen LogP contribution in [-0.4, -0.2) is 41.1 Å². The van der Waals surface area contributed by atoms with E-state index in [4.69, 9.17) is 23.6 Å². The first-order valence-corrected chi connectivity index (χ1v) is 5.83. The maximum Gasteiger partial charge on any atom is 0.0801 e. The van der Waals surface area contributed by atoms with Gasteiger partial charge in [-0.1, -0.05) is 6.92 Å². The summed E-state index contributed by atoms with van der Waals surface area (Å²) in [6.07, 6.45) is 2.20. The van der Waals surface area contributed by atoms with Crippen LogP contribution < -0.4 is 12.4 Å². The van der Waals surface area contributed by atoms with Crippen LogP contribution in [-0.2, 0) is 0 Å². The molecule has 0 amide bonds. The normalized spacial score (nSPS) is 12.8. The zero-order valence-electron chi connectivity index (χ0n) is 10.4. The molecule has 0 aromatic rings. The molecule has 0 aliphatic carbocycles. The van der Waals surface area contributed by atoms with E-state index in [2.05, 4.69) is 34.9 Å². The van der Waals surface area contributed by atoms with Crippen molar-refractivity contribution in [3.05, 3.63) is 0 Å². The van der Waals surface area contributed by atoms with Gasteiger partial charge in [0.25, 0.3) is 0 Å². The summed E-state index contributed by atoms with van der Waals surface area (Å²) in [5.74, 6) is 0. The van der Waals surface area contributed by atoms with Gasteiger partial charge < -0.3 is 16.9 Å². The number of hydrogen-bond acceptors (Lipinski definition) is 1. The molecule has 0 fully saturated rings. The first-order chi connectivity index (χ1) is 6.21. The molecule has 0 saturated heterocycles. The van der Waals surface area contributed by atoms with Crippen LogP contribution in [0.25, 0.3) is 0 Å². The van der Waals surface area contributed by atoms with E-state index in [0.29, 0.717) is 0 Å². The Morgan fingerprint density at radius 2 is 1.60 bits per heavy atom. The highest BCUT2D eigenvalue weighted by Crippen LogP contribution is 2.24. The van der Waals surface area contributed by atoms with Gasteiger partial charge in [0.15, 0.2) is 0 Å². The van der Waals surface area contributed by atoms with Gasteiger partial charge in [-0.05, 0) is 43.8 Å². The van der Waals surface area contributed by atoms with Crippen molar-refractivity contribution in [2.75, 3.05) is 27.2 Å². The standard InChI is InChI=1S/C10H23Cl2N2.ClH/c1-6-8-14(4,5)9-7-10(2,3)13(11)12;/h6-9H2,1-5H3;1H/q+1;/p-1. The molecule has 0 atom stereocenters. The summed E-state index contributed by atoms with van der Waals surface area (Å²) in [5, 5.41) is 0. The molecule has 0 aliphatic rings. The molecule has 0 N–H and O–H groups in total. The minimum Gasteiger partial charge on any atom is -1.00 e. The van der Waals surface area contributed by atoms with Crippen LogP contribution in [0.2, 0.25) is 0 Å². The fourth-order valence-corrected chi connectivity index (χ4v) is 1.55. The molecule has 0 heterocycles. The monoisotopic (exact) mass is 276 g/mol. The van der Waals surface area contributed by atoms with Crippen molar-refractivity contribution in [2.45, 2.75) is 39.2 Å². The fraction of sp³-hybridized carbons (Fsp3) is 1.00. The van der Waals surface area contributed by atoms with E-state index in [1.54, 1.807) is 0 Å². The molecular formula is C10H23Cl3N2. The lowest BCUT2D eigenvalue weighted by Crippen LogP contribution is -3.00.